The standard InChI is InChI=1S/C28H34N4O3/c1-31-26-21(6-3-2-5-19-15-17-29-18-16-19)7-4-8-24(26)32(28(31)35)22-11-9-20(10-12-22)23-13-14-25(33)30-27(23)34/h4,7-12,19,23,29H,2-3,5-6,13-18H2,1H3,(H,30,33,34). The Morgan fingerprint density at radius 1 is 0.943 bits per heavy atom. The number of unbranched alkanes of at least 4 members (excludes halogenated alkanes) is 1. The van der Waals surface area contributed by atoms with Gasteiger partial charge in [-0.05, 0) is 80.4 Å². The maximum absolute atomic E-state index is 13.3. The largest absolute Gasteiger partial charge is 0.333 e. The summed E-state index contributed by atoms with van der Waals surface area (Å²) in [6.45, 7) is 2.29. The van der Waals surface area contributed by atoms with Gasteiger partial charge in [0.25, 0.3) is 0 Å². The lowest BCUT2D eigenvalue weighted by molar-refractivity contribution is -0.134. The van der Waals surface area contributed by atoms with Crippen LogP contribution in [0.2, 0.25) is 0 Å². The number of rotatable bonds is 7. The molecule has 2 aliphatic heterocycles. The maximum atomic E-state index is 13.3. The van der Waals surface area contributed by atoms with Crippen LogP contribution in [0.5, 0.6) is 0 Å². The number of fused-ring (bicyclic) bond motifs is 1. The van der Waals surface area contributed by atoms with Gasteiger partial charge in [0.2, 0.25) is 11.8 Å². The molecule has 2 saturated heterocycles. The van der Waals surface area contributed by atoms with E-state index in [2.05, 4.69) is 16.7 Å². The Bertz CT molecular complexity index is 1280. The average molecular weight is 475 g/mol. The summed E-state index contributed by atoms with van der Waals surface area (Å²) in [4.78, 5) is 37.0. The second-order valence-electron chi connectivity index (χ2n) is 10.00. The molecule has 35 heavy (non-hydrogen) atoms. The Hall–Kier alpha value is -3.19. The minimum Gasteiger partial charge on any atom is -0.317 e. The molecule has 3 heterocycles. The fraction of sp³-hybridized carbons (Fsp3) is 0.464. The predicted octanol–water partition coefficient (Wildman–Crippen LogP) is 3.56. The van der Waals surface area contributed by atoms with Gasteiger partial charge in [0.1, 0.15) is 0 Å². The number of imide groups is 1. The van der Waals surface area contributed by atoms with Crippen LogP contribution in [0, 0.1) is 5.92 Å². The first kappa shape index (κ1) is 23.5. The summed E-state index contributed by atoms with van der Waals surface area (Å²) in [5.74, 6) is 0.0523. The summed E-state index contributed by atoms with van der Waals surface area (Å²) in [6, 6.07) is 13.8. The summed E-state index contributed by atoms with van der Waals surface area (Å²) in [5.41, 5.74) is 4.68. The molecule has 0 aliphatic carbocycles. The van der Waals surface area contributed by atoms with Crippen molar-refractivity contribution in [2.75, 3.05) is 13.1 Å². The third-order valence-electron chi connectivity index (χ3n) is 7.71. The Balaban J connectivity index is 1.35. The molecule has 3 aromatic rings. The van der Waals surface area contributed by atoms with Gasteiger partial charge in [-0.15, -0.1) is 0 Å². The fourth-order valence-corrected chi connectivity index (χ4v) is 5.73. The molecule has 0 saturated carbocycles. The van der Waals surface area contributed by atoms with Crippen LogP contribution in [0.25, 0.3) is 16.7 Å². The Morgan fingerprint density at radius 3 is 2.46 bits per heavy atom. The van der Waals surface area contributed by atoms with Crippen molar-refractivity contribution in [1.29, 1.82) is 0 Å². The van der Waals surface area contributed by atoms with E-state index in [4.69, 9.17) is 0 Å². The highest BCUT2D eigenvalue weighted by atomic mass is 16.2. The van der Waals surface area contributed by atoms with Crippen molar-refractivity contribution in [2.45, 2.75) is 57.3 Å². The number of carbonyl (C=O) groups is 2. The molecule has 1 unspecified atom stereocenters. The van der Waals surface area contributed by atoms with E-state index in [1.807, 2.05) is 43.4 Å². The molecule has 1 atom stereocenters. The van der Waals surface area contributed by atoms with E-state index in [9.17, 15) is 14.4 Å². The number of imidazole rings is 1. The molecule has 2 fully saturated rings. The Labute approximate surface area is 205 Å². The number of hydrogen-bond donors (Lipinski definition) is 2. The smallest absolute Gasteiger partial charge is 0.317 e. The highest BCUT2D eigenvalue weighted by molar-refractivity contribution is 6.00. The highest BCUT2D eigenvalue weighted by Crippen LogP contribution is 2.27. The lowest BCUT2D eigenvalue weighted by Gasteiger charge is -2.22. The van der Waals surface area contributed by atoms with Gasteiger partial charge in [-0.3, -0.25) is 24.0 Å². The molecule has 0 spiro atoms. The number of nitrogens with zero attached hydrogens (tertiary/aromatic N) is 2. The summed E-state index contributed by atoms with van der Waals surface area (Å²) in [6.07, 6.45) is 8.04. The van der Waals surface area contributed by atoms with Gasteiger partial charge in [0.05, 0.1) is 22.6 Å². The first-order valence-corrected chi connectivity index (χ1v) is 12.9. The zero-order chi connectivity index (χ0) is 24.4. The van der Waals surface area contributed by atoms with E-state index in [0.29, 0.717) is 12.8 Å². The summed E-state index contributed by atoms with van der Waals surface area (Å²) < 4.78 is 3.51. The molecular weight excluding hydrogens is 440 g/mol. The highest BCUT2D eigenvalue weighted by Gasteiger charge is 2.28. The fourth-order valence-electron chi connectivity index (χ4n) is 5.73. The maximum Gasteiger partial charge on any atom is 0.333 e. The van der Waals surface area contributed by atoms with Crippen LogP contribution in [0.3, 0.4) is 0 Å². The lowest BCUT2D eigenvalue weighted by Crippen LogP contribution is -2.39. The van der Waals surface area contributed by atoms with Gasteiger partial charge in [-0.25, -0.2) is 4.79 Å². The molecule has 2 aromatic carbocycles. The van der Waals surface area contributed by atoms with Gasteiger partial charge in [0, 0.05) is 13.5 Å². The van der Waals surface area contributed by atoms with Crippen LogP contribution in [-0.4, -0.2) is 34.0 Å². The van der Waals surface area contributed by atoms with Gasteiger partial charge in [-0.2, -0.15) is 0 Å². The second-order valence-corrected chi connectivity index (χ2v) is 10.00. The minimum atomic E-state index is -0.331. The first-order chi connectivity index (χ1) is 17.0. The molecule has 7 heteroatoms. The number of carbonyl (C=O) groups excluding carboxylic acids is 2. The molecular formula is C28H34N4O3. The quantitative estimate of drug-likeness (QED) is 0.405. The van der Waals surface area contributed by atoms with Crippen molar-refractivity contribution in [3.05, 3.63) is 64.1 Å². The monoisotopic (exact) mass is 474 g/mol. The molecule has 184 valence electrons. The van der Waals surface area contributed by atoms with Gasteiger partial charge >= 0.3 is 5.69 Å². The van der Waals surface area contributed by atoms with E-state index in [1.54, 1.807) is 9.13 Å². The van der Waals surface area contributed by atoms with Crippen molar-refractivity contribution in [1.82, 2.24) is 19.8 Å². The van der Waals surface area contributed by atoms with Gasteiger partial charge in [0.15, 0.2) is 0 Å². The van der Waals surface area contributed by atoms with Crippen molar-refractivity contribution < 1.29 is 9.59 Å². The van der Waals surface area contributed by atoms with Gasteiger partial charge in [-0.1, -0.05) is 37.1 Å². The van der Waals surface area contributed by atoms with E-state index in [0.717, 1.165) is 54.1 Å². The van der Waals surface area contributed by atoms with Crippen LogP contribution in [-0.2, 0) is 23.1 Å². The van der Waals surface area contributed by atoms with Crippen LogP contribution in [0.15, 0.2) is 47.3 Å². The lowest BCUT2D eigenvalue weighted by atomic mass is 9.90. The Kier molecular flexibility index (Phi) is 6.86. The SMILES string of the molecule is Cn1c(=O)n(-c2ccc(C3CCC(=O)NC3=O)cc2)c2cccc(CCCCC3CCNCC3)c21. The molecule has 2 amide bonds. The molecule has 2 N–H and O–H groups in total. The van der Waals surface area contributed by atoms with Gasteiger partial charge < -0.3 is 5.32 Å². The van der Waals surface area contributed by atoms with Crippen molar-refractivity contribution in [2.24, 2.45) is 13.0 Å². The van der Waals surface area contributed by atoms with Crippen molar-refractivity contribution in [3.63, 3.8) is 0 Å². The van der Waals surface area contributed by atoms with Crippen molar-refractivity contribution >= 4 is 22.8 Å². The number of nitrogens with one attached hydrogen (secondary N) is 2. The summed E-state index contributed by atoms with van der Waals surface area (Å²) in [7, 11) is 1.84. The van der Waals surface area contributed by atoms with E-state index < -0.39 is 0 Å². The summed E-state index contributed by atoms with van der Waals surface area (Å²) in [5, 5.41) is 5.85. The summed E-state index contributed by atoms with van der Waals surface area (Å²) >= 11 is 0. The average Bonchev–Trinajstić information content (AvgIpc) is 3.13. The number of benzene rings is 2. The molecule has 0 radical (unpaired) electrons. The topological polar surface area (TPSA) is 85.1 Å². The van der Waals surface area contributed by atoms with E-state index in [1.165, 1.54) is 31.2 Å². The van der Waals surface area contributed by atoms with E-state index in [-0.39, 0.29) is 23.4 Å². The number of piperidine rings is 2. The van der Waals surface area contributed by atoms with Crippen LogP contribution in [0.4, 0.5) is 0 Å². The minimum absolute atomic E-state index is 0.0732. The van der Waals surface area contributed by atoms with Crippen LogP contribution < -0.4 is 16.3 Å². The zero-order valence-corrected chi connectivity index (χ0v) is 20.4. The molecule has 2 aliphatic rings. The number of aromatic nitrogens is 2. The zero-order valence-electron chi connectivity index (χ0n) is 20.4. The molecule has 0 bridgehead atoms. The van der Waals surface area contributed by atoms with Crippen LogP contribution in [0.1, 0.15) is 62.0 Å². The third kappa shape index (κ3) is 4.82. The molecule has 7 nitrogen and oxygen atoms in total. The van der Waals surface area contributed by atoms with Crippen LogP contribution >= 0.6 is 0 Å². The molecule has 1 aromatic heterocycles. The van der Waals surface area contributed by atoms with E-state index >= 15 is 0 Å². The predicted molar refractivity (Wildman–Crippen MR) is 137 cm³/mol. The molecule has 5 rings (SSSR count). The number of aryl methyl sites for hydroxylation is 2. The Morgan fingerprint density at radius 2 is 1.71 bits per heavy atom. The second kappa shape index (κ2) is 10.2. The number of hydrogen-bond acceptors (Lipinski definition) is 4. The first-order valence-electron chi connectivity index (χ1n) is 12.9. The van der Waals surface area contributed by atoms with Crippen molar-refractivity contribution in [3.8, 4) is 5.69 Å². The number of amides is 2. The third-order valence-corrected chi connectivity index (χ3v) is 7.71. The normalized spacial score (nSPS) is 19.3. The number of para-hydroxylation sites is 1.